The number of aryl methyl sites for hydroxylation is 1. The number of ether oxygens (including phenoxy) is 2. The largest absolute Gasteiger partial charge is 0.347 e. The molecule has 3 saturated heterocycles. The molecular formula is C25H27FN4O5S. The Balaban J connectivity index is 1.44. The molecule has 1 unspecified atom stereocenters. The van der Waals surface area contributed by atoms with Crippen molar-refractivity contribution in [2.75, 3.05) is 37.8 Å². The van der Waals surface area contributed by atoms with E-state index in [2.05, 4.69) is 5.10 Å². The summed E-state index contributed by atoms with van der Waals surface area (Å²) in [7, 11) is -3.15. The molecule has 0 radical (unpaired) electrons. The van der Waals surface area contributed by atoms with Crippen LogP contribution < -0.4 is 0 Å². The van der Waals surface area contributed by atoms with Crippen LogP contribution in [0.5, 0.6) is 0 Å². The van der Waals surface area contributed by atoms with Gasteiger partial charge >= 0.3 is 0 Å². The molecule has 36 heavy (non-hydrogen) atoms. The highest BCUT2D eigenvalue weighted by molar-refractivity contribution is 7.91. The number of carbonyl (C=O) groups is 1. The highest BCUT2D eigenvalue weighted by Crippen LogP contribution is 2.35. The molecule has 3 aliphatic rings. The number of likely N-dealkylation sites (tertiary alicyclic amines) is 1. The maximum atomic E-state index is 13.9. The number of amides is 1. The maximum absolute atomic E-state index is 13.9. The van der Waals surface area contributed by atoms with Crippen LogP contribution in [0.25, 0.3) is 22.3 Å². The lowest BCUT2D eigenvalue weighted by Crippen LogP contribution is -2.47. The summed E-state index contributed by atoms with van der Waals surface area (Å²) < 4.78 is 51.2. The molecule has 3 aromatic rings. The van der Waals surface area contributed by atoms with Gasteiger partial charge in [0.2, 0.25) is 0 Å². The molecule has 3 fully saturated rings. The van der Waals surface area contributed by atoms with Crippen molar-refractivity contribution in [3.8, 4) is 11.3 Å². The number of hydrogen-bond donors (Lipinski definition) is 0. The monoisotopic (exact) mass is 514 g/mol. The second-order valence-corrected chi connectivity index (χ2v) is 12.0. The van der Waals surface area contributed by atoms with Gasteiger partial charge in [-0.05, 0) is 43.7 Å². The summed E-state index contributed by atoms with van der Waals surface area (Å²) in [4.78, 5) is 20.5. The van der Waals surface area contributed by atoms with Crippen molar-refractivity contribution in [3.63, 3.8) is 0 Å². The number of fused-ring (bicyclic) bond motifs is 1. The first kappa shape index (κ1) is 23.5. The van der Waals surface area contributed by atoms with E-state index in [0.29, 0.717) is 79.1 Å². The summed E-state index contributed by atoms with van der Waals surface area (Å²) in [6.45, 7) is 3.92. The smallest absolute Gasteiger partial charge is 0.254 e. The topological polar surface area (TPSA) is 104 Å². The van der Waals surface area contributed by atoms with E-state index in [4.69, 9.17) is 14.5 Å². The number of rotatable bonds is 3. The highest BCUT2D eigenvalue weighted by Gasteiger charge is 2.41. The van der Waals surface area contributed by atoms with Crippen LogP contribution in [0.2, 0.25) is 0 Å². The highest BCUT2D eigenvalue weighted by atomic mass is 32.2. The Bertz CT molecular complexity index is 1440. The van der Waals surface area contributed by atoms with Gasteiger partial charge in [-0.25, -0.2) is 22.5 Å². The molecule has 1 atom stereocenters. The van der Waals surface area contributed by atoms with Crippen LogP contribution in [0.4, 0.5) is 4.39 Å². The third kappa shape index (κ3) is 4.08. The molecule has 2 aromatic heterocycles. The lowest BCUT2D eigenvalue weighted by atomic mass is 10.0. The van der Waals surface area contributed by atoms with Crippen LogP contribution in [0.1, 0.15) is 41.4 Å². The van der Waals surface area contributed by atoms with E-state index in [1.807, 2.05) is 6.92 Å². The number of aromatic nitrogens is 3. The first-order valence-corrected chi connectivity index (χ1v) is 14.0. The summed E-state index contributed by atoms with van der Waals surface area (Å²) in [6, 6.07) is 7.31. The van der Waals surface area contributed by atoms with E-state index in [1.54, 1.807) is 27.8 Å². The van der Waals surface area contributed by atoms with Crippen molar-refractivity contribution in [2.45, 2.75) is 38.0 Å². The van der Waals surface area contributed by atoms with Crippen LogP contribution in [0.15, 0.2) is 30.3 Å². The minimum absolute atomic E-state index is 0.0108. The van der Waals surface area contributed by atoms with Crippen LogP contribution >= 0.6 is 0 Å². The van der Waals surface area contributed by atoms with Crippen molar-refractivity contribution >= 4 is 26.8 Å². The zero-order valence-corrected chi connectivity index (χ0v) is 20.8. The van der Waals surface area contributed by atoms with Gasteiger partial charge in [-0.2, -0.15) is 5.10 Å². The molecule has 0 bridgehead atoms. The van der Waals surface area contributed by atoms with E-state index in [-0.39, 0.29) is 29.3 Å². The van der Waals surface area contributed by atoms with E-state index in [9.17, 15) is 17.6 Å². The Kier molecular flexibility index (Phi) is 5.62. The van der Waals surface area contributed by atoms with Gasteiger partial charge in [-0.1, -0.05) is 0 Å². The molecule has 6 rings (SSSR count). The van der Waals surface area contributed by atoms with Crippen LogP contribution in [0, 0.1) is 12.7 Å². The minimum Gasteiger partial charge on any atom is -0.347 e. The standard InChI is InChI=1S/C25H27FN4O5S/c1-16-22-20(24(31)29-9-7-25(8-10-29)34-11-12-35-25)14-21(17-2-4-18(26)5-3-17)27-23(22)30(28-16)19-6-13-36(32,33)15-19/h2-5,14,19H,6-13,15H2,1H3. The van der Waals surface area contributed by atoms with Crippen molar-refractivity contribution in [3.05, 3.63) is 47.4 Å². The van der Waals surface area contributed by atoms with Gasteiger partial charge in [-0.3, -0.25) is 4.79 Å². The molecule has 5 heterocycles. The molecule has 1 spiro atoms. The Labute approximate surface area is 208 Å². The minimum atomic E-state index is -3.15. The summed E-state index contributed by atoms with van der Waals surface area (Å²) >= 11 is 0. The molecule has 1 aromatic carbocycles. The van der Waals surface area contributed by atoms with Crippen LogP contribution in [-0.4, -0.2) is 77.6 Å². The maximum Gasteiger partial charge on any atom is 0.254 e. The molecule has 1 amide bonds. The molecule has 0 saturated carbocycles. The van der Waals surface area contributed by atoms with Gasteiger partial charge in [0.25, 0.3) is 5.91 Å². The molecular weight excluding hydrogens is 487 g/mol. The second-order valence-electron chi connectivity index (χ2n) is 9.75. The number of pyridine rings is 1. The molecule has 9 nitrogen and oxygen atoms in total. The SMILES string of the molecule is Cc1nn(C2CCS(=O)(=O)C2)c2nc(-c3ccc(F)cc3)cc(C(=O)N3CCC4(CC3)OCCO4)c12. The average molecular weight is 515 g/mol. The summed E-state index contributed by atoms with van der Waals surface area (Å²) in [6.07, 6.45) is 1.63. The quantitative estimate of drug-likeness (QED) is 0.529. The molecule has 0 aliphatic carbocycles. The fraction of sp³-hybridized carbons (Fsp3) is 0.480. The normalized spacial score (nSPS) is 23.1. The number of nitrogens with zero attached hydrogens (tertiary/aromatic N) is 4. The van der Waals surface area contributed by atoms with Crippen LogP contribution in [0.3, 0.4) is 0 Å². The number of halogens is 1. The first-order valence-electron chi connectivity index (χ1n) is 12.2. The van der Waals surface area contributed by atoms with Gasteiger partial charge < -0.3 is 14.4 Å². The van der Waals surface area contributed by atoms with Crippen LogP contribution in [-0.2, 0) is 19.3 Å². The fourth-order valence-electron chi connectivity index (χ4n) is 5.48. The van der Waals surface area contributed by atoms with Gasteiger partial charge in [-0.15, -0.1) is 0 Å². The third-order valence-corrected chi connectivity index (χ3v) is 9.14. The second kappa shape index (κ2) is 8.60. The lowest BCUT2D eigenvalue weighted by molar-refractivity contribution is -0.181. The van der Waals surface area contributed by atoms with E-state index < -0.39 is 15.6 Å². The summed E-state index contributed by atoms with van der Waals surface area (Å²) in [5.74, 6) is -1.03. The average Bonchev–Trinajstić information content (AvgIpc) is 3.56. The third-order valence-electron chi connectivity index (χ3n) is 7.39. The Hall–Kier alpha value is -2.89. The Morgan fingerprint density at radius 2 is 1.83 bits per heavy atom. The zero-order valence-electron chi connectivity index (χ0n) is 19.9. The number of piperidine rings is 1. The van der Waals surface area contributed by atoms with E-state index >= 15 is 0 Å². The van der Waals surface area contributed by atoms with Crippen molar-refractivity contribution in [2.24, 2.45) is 0 Å². The molecule has 190 valence electrons. The van der Waals surface area contributed by atoms with Crippen molar-refractivity contribution < 1.29 is 27.1 Å². The zero-order chi connectivity index (χ0) is 25.1. The summed E-state index contributed by atoms with van der Waals surface area (Å²) in [5, 5.41) is 5.27. The van der Waals surface area contributed by atoms with E-state index in [1.165, 1.54) is 12.1 Å². The predicted octanol–water partition coefficient (Wildman–Crippen LogP) is 2.88. The number of carbonyl (C=O) groups excluding carboxylic acids is 1. The number of hydrogen-bond acceptors (Lipinski definition) is 7. The number of benzene rings is 1. The first-order chi connectivity index (χ1) is 17.2. The Morgan fingerprint density at radius 3 is 2.47 bits per heavy atom. The molecule has 11 heteroatoms. The van der Waals surface area contributed by atoms with Gasteiger partial charge in [0.15, 0.2) is 21.3 Å². The molecule has 0 N–H and O–H groups in total. The van der Waals surface area contributed by atoms with E-state index in [0.717, 1.165) is 0 Å². The predicted molar refractivity (Wildman–Crippen MR) is 130 cm³/mol. The number of sulfone groups is 1. The summed E-state index contributed by atoms with van der Waals surface area (Å²) in [5.41, 5.74) is 2.70. The van der Waals surface area contributed by atoms with Gasteiger partial charge in [0.1, 0.15) is 5.82 Å². The fourth-order valence-corrected chi connectivity index (χ4v) is 7.17. The molecule has 3 aliphatic heterocycles. The van der Waals surface area contributed by atoms with Crippen molar-refractivity contribution in [1.82, 2.24) is 19.7 Å². The van der Waals surface area contributed by atoms with Crippen molar-refractivity contribution in [1.29, 1.82) is 0 Å². The Morgan fingerprint density at radius 1 is 1.14 bits per heavy atom. The lowest BCUT2D eigenvalue weighted by Gasteiger charge is -2.37. The van der Waals surface area contributed by atoms with Gasteiger partial charge in [0, 0.05) is 31.5 Å². The van der Waals surface area contributed by atoms with Gasteiger partial charge in [0.05, 0.1) is 53.1 Å².